The second-order valence-corrected chi connectivity index (χ2v) is 10.9. The average molecular weight is 628 g/mol. The third-order valence-electron chi connectivity index (χ3n) is 7.87. The number of fused-ring (bicyclic) bond motifs is 1. The van der Waals surface area contributed by atoms with Crippen molar-refractivity contribution < 1.29 is 23.5 Å². The van der Waals surface area contributed by atoms with Gasteiger partial charge in [0.05, 0.1) is 41.4 Å². The molecule has 1 aromatic carbocycles. The SMILES string of the molecule is CCOC(=O)C1=C(c2ccc(-n3c(C)nc4cnccc43)cc2)NC(C)=C(C(=O)OCC#Cc2cccnc2)C1CCc1ccco1. The number of esters is 2. The quantitative estimate of drug-likeness (QED) is 0.162. The number of dihydropyridines is 1. The maximum absolute atomic E-state index is 13.7. The Morgan fingerprint density at radius 3 is 2.51 bits per heavy atom. The molecule has 0 saturated carbocycles. The van der Waals surface area contributed by atoms with Gasteiger partial charge in [0, 0.05) is 47.9 Å². The van der Waals surface area contributed by atoms with Crippen molar-refractivity contribution in [2.24, 2.45) is 5.92 Å². The smallest absolute Gasteiger partial charge is 0.337 e. The Labute approximate surface area is 272 Å². The van der Waals surface area contributed by atoms with Crippen LogP contribution < -0.4 is 5.32 Å². The molecule has 4 aromatic heterocycles. The summed E-state index contributed by atoms with van der Waals surface area (Å²) in [6.07, 6.45) is 9.27. The summed E-state index contributed by atoms with van der Waals surface area (Å²) in [7, 11) is 0. The number of carbonyl (C=O) groups excluding carboxylic acids is 2. The highest BCUT2D eigenvalue weighted by molar-refractivity contribution is 6.03. The van der Waals surface area contributed by atoms with Crippen molar-refractivity contribution in [2.75, 3.05) is 13.2 Å². The number of hydrogen-bond donors (Lipinski definition) is 1. The summed E-state index contributed by atoms with van der Waals surface area (Å²) in [6, 6.07) is 17.1. The van der Waals surface area contributed by atoms with Crippen LogP contribution in [0.15, 0.2) is 107 Å². The number of aromatic nitrogens is 4. The Kier molecular flexibility index (Phi) is 9.25. The van der Waals surface area contributed by atoms with Crippen molar-refractivity contribution in [1.29, 1.82) is 0 Å². The summed E-state index contributed by atoms with van der Waals surface area (Å²) in [6.45, 7) is 5.56. The lowest BCUT2D eigenvalue weighted by atomic mass is 9.80. The van der Waals surface area contributed by atoms with Crippen LogP contribution in [0, 0.1) is 24.7 Å². The molecule has 47 heavy (non-hydrogen) atoms. The molecule has 236 valence electrons. The molecule has 5 heterocycles. The molecule has 0 bridgehead atoms. The summed E-state index contributed by atoms with van der Waals surface area (Å²) < 4.78 is 18.9. The molecule has 0 radical (unpaired) electrons. The van der Waals surface area contributed by atoms with Gasteiger partial charge in [-0.15, -0.1) is 0 Å². The zero-order chi connectivity index (χ0) is 32.8. The number of ether oxygens (including phenoxy) is 2. The van der Waals surface area contributed by atoms with Gasteiger partial charge in [-0.2, -0.15) is 0 Å². The number of furan rings is 1. The van der Waals surface area contributed by atoms with Crippen LogP contribution in [0.1, 0.15) is 43.0 Å². The van der Waals surface area contributed by atoms with Crippen molar-refractivity contribution in [3.8, 4) is 17.5 Å². The Morgan fingerprint density at radius 1 is 0.957 bits per heavy atom. The molecule has 1 atom stereocenters. The van der Waals surface area contributed by atoms with E-state index < -0.39 is 17.9 Å². The van der Waals surface area contributed by atoms with Crippen molar-refractivity contribution in [3.63, 3.8) is 0 Å². The largest absolute Gasteiger partial charge is 0.469 e. The van der Waals surface area contributed by atoms with Crippen molar-refractivity contribution in [2.45, 2.75) is 33.6 Å². The minimum absolute atomic E-state index is 0.124. The summed E-state index contributed by atoms with van der Waals surface area (Å²) in [5.74, 6) is 5.67. The van der Waals surface area contributed by atoms with E-state index in [2.05, 4.69) is 36.7 Å². The van der Waals surface area contributed by atoms with Crippen LogP contribution in [0.3, 0.4) is 0 Å². The van der Waals surface area contributed by atoms with Gasteiger partial charge in [-0.05, 0) is 75.2 Å². The first-order valence-electron chi connectivity index (χ1n) is 15.3. The van der Waals surface area contributed by atoms with Gasteiger partial charge in [-0.1, -0.05) is 24.0 Å². The number of carbonyl (C=O) groups is 2. The summed E-state index contributed by atoms with van der Waals surface area (Å²) in [5.41, 5.74) is 5.97. The Bertz CT molecular complexity index is 2030. The highest BCUT2D eigenvalue weighted by Gasteiger charge is 2.38. The Balaban J connectivity index is 1.36. The van der Waals surface area contributed by atoms with Gasteiger partial charge in [-0.3, -0.25) is 14.5 Å². The van der Waals surface area contributed by atoms with Crippen LogP contribution in [0.25, 0.3) is 22.4 Å². The molecule has 0 fully saturated rings. The van der Waals surface area contributed by atoms with E-state index in [0.717, 1.165) is 33.9 Å². The fourth-order valence-electron chi connectivity index (χ4n) is 5.82. The highest BCUT2D eigenvalue weighted by atomic mass is 16.5. The molecular weight excluding hydrogens is 594 g/mol. The summed E-state index contributed by atoms with van der Waals surface area (Å²) in [4.78, 5) is 40.3. The molecule has 1 aliphatic rings. The molecule has 0 amide bonds. The van der Waals surface area contributed by atoms with E-state index in [0.29, 0.717) is 40.9 Å². The molecule has 1 aliphatic heterocycles. The molecule has 10 heteroatoms. The number of nitrogens with zero attached hydrogens (tertiary/aromatic N) is 4. The first-order chi connectivity index (χ1) is 22.9. The number of nitrogens with one attached hydrogen (secondary N) is 1. The van der Waals surface area contributed by atoms with Crippen LogP contribution in [0.2, 0.25) is 0 Å². The third kappa shape index (κ3) is 6.70. The maximum Gasteiger partial charge on any atom is 0.337 e. The van der Waals surface area contributed by atoms with E-state index >= 15 is 0 Å². The molecule has 10 nitrogen and oxygen atoms in total. The van der Waals surface area contributed by atoms with Crippen molar-refractivity contribution >= 4 is 28.7 Å². The number of pyridine rings is 2. The monoisotopic (exact) mass is 627 g/mol. The Morgan fingerprint density at radius 2 is 1.77 bits per heavy atom. The second-order valence-electron chi connectivity index (χ2n) is 10.9. The van der Waals surface area contributed by atoms with Crippen LogP contribution >= 0.6 is 0 Å². The number of imidazole rings is 1. The first kappa shape index (κ1) is 31.0. The van der Waals surface area contributed by atoms with E-state index in [1.807, 2.05) is 62.4 Å². The maximum atomic E-state index is 13.7. The Hall–Kier alpha value is -5.95. The number of benzene rings is 1. The number of hydrogen-bond acceptors (Lipinski definition) is 9. The number of rotatable bonds is 9. The van der Waals surface area contributed by atoms with Gasteiger partial charge in [0.15, 0.2) is 6.61 Å². The standard InChI is InChI=1S/C37H33N5O5/c1-4-45-37(44)34-30(16-15-29-10-7-20-46-29)33(36(43)47-21-6-9-26-8-5-18-38-22-26)24(2)40-35(34)27-11-13-28(14-12-27)42-25(3)41-31-23-39-19-17-32(31)42/h5,7-8,10-14,17-20,22-23,30,40H,4,15-16,21H2,1-3H3. The summed E-state index contributed by atoms with van der Waals surface area (Å²) in [5, 5.41) is 3.35. The van der Waals surface area contributed by atoms with Gasteiger partial charge in [0.1, 0.15) is 17.1 Å². The molecule has 0 spiro atoms. The number of allylic oxidation sites excluding steroid dienone is 1. The predicted molar refractivity (Wildman–Crippen MR) is 176 cm³/mol. The number of aryl methyl sites for hydroxylation is 2. The fourth-order valence-corrected chi connectivity index (χ4v) is 5.82. The van der Waals surface area contributed by atoms with Crippen molar-refractivity contribution in [1.82, 2.24) is 24.8 Å². The molecule has 6 rings (SSSR count). The van der Waals surface area contributed by atoms with Crippen molar-refractivity contribution in [3.05, 3.63) is 125 Å². The molecule has 0 aliphatic carbocycles. The van der Waals surface area contributed by atoms with E-state index in [-0.39, 0.29) is 13.2 Å². The van der Waals surface area contributed by atoms with Crippen LogP contribution in [0.5, 0.6) is 0 Å². The van der Waals surface area contributed by atoms with Gasteiger partial charge < -0.3 is 19.2 Å². The minimum atomic E-state index is -0.638. The molecule has 5 aromatic rings. The van der Waals surface area contributed by atoms with E-state index in [1.54, 1.807) is 44.0 Å². The van der Waals surface area contributed by atoms with E-state index in [4.69, 9.17) is 13.9 Å². The predicted octanol–water partition coefficient (Wildman–Crippen LogP) is 5.71. The van der Waals surface area contributed by atoms with Gasteiger partial charge >= 0.3 is 11.9 Å². The highest BCUT2D eigenvalue weighted by Crippen LogP contribution is 2.38. The van der Waals surface area contributed by atoms with Gasteiger partial charge in [0.2, 0.25) is 0 Å². The normalized spacial score (nSPS) is 14.4. The average Bonchev–Trinajstić information content (AvgIpc) is 3.73. The molecular formula is C37H33N5O5. The van der Waals surface area contributed by atoms with E-state index in [9.17, 15) is 9.59 Å². The van der Waals surface area contributed by atoms with Gasteiger partial charge in [-0.25, -0.2) is 14.6 Å². The summed E-state index contributed by atoms with van der Waals surface area (Å²) >= 11 is 0. The lowest BCUT2D eigenvalue weighted by Crippen LogP contribution is -2.34. The van der Waals surface area contributed by atoms with Crippen LogP contribution in [-0.2, 0) is 25.5 Å². The zero-order valence-electron chi connectivity index (χ0n) is 26.3. The van der Waals surface area contributed by atoms with E-state index in [1.165, 1.54) is 0 Å². The lowest BCUT2D eigenvalue weighted by Gasteiger charge is -2.31. The molecule has 0 saturated heterocycles. The molecule has 1 unspecified atom stereocenters. The minimum Gasteiger partial charge on any atom is -0.469 e. The van der Waals surface area contributed by atoms with Crippen LogP contribution in [-0.4, -0.2) is 44.7 Å². The fraction of sp³-hybridized carbons (Fsp3) is 0.216. The second kappa shape index (κ2) is 14.0. The van der Waals surface area contributed by atoms with Gasteiger partial charge in [0.25, 0.3) is 0 Å². The molecule has 1 N–H and O–H groups in total. The third-order valence-corrected chi connectivity index (χ3v) is 7.87. The first-order valence-corrected chi connectivity index (χ1v) is 15.3. The lowest BCUT2D eigenvalue weighted by molar-refractivity contribution is -0.139. The zero-order valence-corrected chi connectivity index (χ0v) is 26.3. The topological polar surface area (TPSA) is 121 Å². The van der Waals surface area contributed by atoms with Crippen LogP contribution in [0.4, 0.5) is 0 Å².